The van der Waals surface area contributed by atoms with Gasteiger partial charge in [0.25, 0.3) is 0 Å². The van der Waals surface area contributed by atoms with Gasteiger partial charge in [-0.2, -0.15) is 5.26 Å². The Morgan fingerprint density at radius 1 is 1.15 bits per heavy atom. The largest absolute Gasteiger partial charge is 0.454 e. The van der Waals surface area contributed by atoms with Gasteiger partial charge in [0.15, 0.2) is 11.5 Å². The minimum absolute atomic E-state index is 0.264. The fourth-order valence-electron chi connectivity index (χ4n) is 1.96. The average Bonchev–Trinajstić information content (AvgIpc) is 2.93. The van der Waals surface area contributed by atoms with Gasteiger partial charge < -0.3 is 14.8 Å². The van der Waals surface area contributed by atoms with E-state index >= 15 is 0 Å². The summed E-state index contributed by atoms with van der Waals surface area (Å²) >= 11 is 6.13. The molecule has 1 aliphatic heterocycles. The Morgan fingerprint density at radius 3 is 2.80 bits per heavy atom. The molecule has 0 unspecified atom stereocenters. The minimum atomic E-state index is 0.264. The summed E-state index contributed by atoms with van der Waals surface area (Å²) in [4.78, 5) is 0. The van der Waals surface area contributed by atoms with Crippen LogP contribution in [0.4, 0.5) is 5.69 Å². The second kappa shape index (κ2) is 5.32. The normalized spacial score (nSPS) is 12.0. The molecule has 0 saturated carbocycles. The van der Waals surface area contributed by atoms with Crippen LogP contribution in [0, 0.1) is 11.3 Å². The number of benzene rings is 2. The Hall–Kier alpha value is -2.38. The van der Waals surface area contributed by atoms with E-state index in [0.717, 1.165) is 22.7 Å². The zero-order chi connectivity index (χ0) is 13.9. The quantitative estimate of drug-likeness (QED) is 0.937. The molecule has 2 aromatic carbocycles. The number of nitrogens with one attached hydrogen (secondary N) is 1. The van der Waals surface area contributed by atoms with Crippen molar-refractivity contribution in [3.63, 3.8) is 0 Å². The van der Waals surface area contributed by atoms with E-state index in [1.165, 1.54) is 0 Å². The highest BCUT2D eigenvalue weighted by Gasteiger charge is 2.13. The Balaban J connectivity index is 1.72. The smallest absolute Gasteiger partial charge is 0.231 e. The van der Waals surface area contributed by atoms with Crippen molar-refractivity contribution in [1.82, 2.24) is 0 Å². The molecule has 1 N–H and O–H groups in total. The maximum Gasteiger partial charge on any atom is 0.231 e. The van der Waals surface area contributed by atoms with E-state index in [1.807, 2.05) is 24.3 Å². The molecule has 0 saturated heterocycles. The van der Waals surface area contributed by atoms with Gasteiger partial charge in [0, 0.05) is 23.3 Å². The minimum Gasteiger partial charge on any atom is -0.454 e. The summed E-state index contributed by atoms with van der Waals surface area (Å²) in [5.74, 6) is 1.49. The van der Waals surface area contributed by atoms with Gasteiger partial charge in [0.1, 0.15) is 0 Å². The second-order valence-corrected chi connectivity index (χ2v) is 4.75. The highest BCUT2D eigenvalue weighted by atomic mass is 35.5. The van der Waals surface area contributed by atoms with E-state index in [-0.39, 0.29) is 6.79 Å². The number of halogens is 1. The molecule has 20 heavy (non-hydrogen) atoms. The first-order valence-electron chi connectivity index (χ1n) is 6.08. The van der Waals surface area contributed by atoms with Crippen molar-refractivity contribution in [3.05, 3.63) is 52.5 Å². The molecule has 0 radical (unpaired) electrons. The molecule has 0 amide bonds. The highest BCUT2D eigenvalue weighted by molar-refractivity contribution is 6.31. The molecular weight excluding hydrogens is 276 g/mol. The zero-order valence-corrected chi connectivity index (χ0v) is 11.3. The molecular formula is C15H11ClN2O2. The van der Waals surface area contributed by atoms with Crippen molar-refractivity contribution < 1.29 is 9.47 Å². The third kappa shape index (κ3) is 2.49. The lowest BCUT2D eigenvalue weighted by molar-refractivity contribution is 0.174. The molecule has 0 spiro atoms. The summed E-state index contributed by atoms with van der Waals surface area (Å²) in [7, 11) is 0. The van der Waals surface area contributed by atoms with Crippen LogP contribution in [-0.2, 0) is 6.54 Å². The molecule has 3 rings (SSSR count). The lowest BCUT2D eigenvalue weighted by Gasteiger charge is -2.09. The van der Waals surface area contributed by atoms with Gasteiger partial charge in [-0.3, -0.25) is 0 Å². The fraction of sp³-hybridized carbons (Fsp3) is 0.133. The topological polar surface area (TPSA) is 54.3 Å². The Morgan fingerprint density at radius 2 is 2.00 bits per heavy atom. The van der Waals surface area contributed by atoms with E-state index in [2.05, 4.69) is 11.4 Å². The molecule has 0 aromatic heterocycles. The number of rotatable bonds is 3. The summed E-state index contributed by atoms with van der Waals surface area (Å²) in [6, 6.07) is 13.0. The molecule has 0 atom stereocenters. The van der Waals surface area contributed by atoms with Crippen LogP contribution in [0.3, 0.4) is 0 Å². The van der Waals surface area contributed by atoms with Crippen molar-refractivity contribution in [2.75, 3.05) is 12.1 Å². The van der Waals surface area contributed by atoms with E-state index in [0.29, 0.717) is 17.1 Å². The average molecular weight is 287 g/mol. The Kier molecular flexibility index (Phi) is 3.36. The number of nitrogens with zero attached hydrogens (tertiary/aromatic N) is 1. The van der Waals surface area contributed by atoms with E-state index in [9.17, 15) is 0 Å². The first-order chi connectivity index (χ1) is 9.76. The van der Waals surface area contributed by atoms with Crippen molar-refractivity contribution in [3.8, 4) is 17.6 Å². The van der Waals surface area contributed by atoms with Crippen LogP contribution < -0.4 is 14.8 Å². The fourth-order valence-corrected chi connectivity index (χ4v) is 2.21. The molecule has 1 heterocycles. The van der Waals surface area contributed by atoms with Crippen molar-refractivity contribution >= 4 is 17.3 Å². The van der Waals surface area contributed by atoms with Crippen LogP contribution in [0.25, 0.3) is 0 Å². The number of hydrogen-bond acceptors (Lipinski definition) is 4. The number of ether oxygens (including phenoxy) is 2. The van der Waals surface area contributed by atoms with E-state index < -0.39 is 0 Å². The standard InChI is InChI=1S/C15H11ClN2O2/c16-13-5-10(7-17)1-2-11(13)8-18-12-3-4-14-15(6-12)20-9-19-14/h1-6,18H,8-9H2. The summed E-state index contributed by atoms with van der Waals surface area (Å²) in [6.45, 7) is 0.838. The predicted molar refractivity (Wildman–Crippen MR) is 76.1 cm³/mol. The summed E-state index contributed by atoms with van der Waals surface area (Å²) < 4.78 is 10.6. The maximum absolute atomic E-state index is 8.80. The van der Waals surface area contributed by atoms with Gasteiger partial charge >= 0.3 is 0 Å². The second-order valence-electron chi connectivity index (χ2n) is 4.34. The molecule has 0 aliphatic carbocycles. The van der Waals surface area contributed by atoms with Crippen LogP contribution in [0.5, 0.6) is 11.5 Å². The van der Waals surface area contributed by atoms with Crippen LogP contribution in [-0.4, -0.2) is 6.79 Å². The number of anilines is 1. The first kappa shape index (κ1) is 12.6. The number of nitriles is 1. The van der Waals surface area contributed by atoms with Crippen molar-refractivity contribution in [2.45, 2.75) is 6.54 Å². The summed E-state index contributed by atoms with van der Waals surface area (Å²) in [6.07, 6.45) is 0. The monoisotopic (exact) mass is 286 g/mol. The SMILES string of the molecule is N#Cc1ccc(CNc2ccc3c(c2)OCO3)c(Cl)c1. The van der Waals surface area contributed by atoms with E-state index in [4.69, 9.17) is 26.3 Å². The summed E-state index contributed by atoms with van der Waals surface area (Å²) in [5.41, 5.74) is 2.42. The van der Waals surface area contributed by atoms with Gasteiger partial charge in [-0.1, -0.05) is 17.7 Å². The number of fused-ring (bicyclic) bond motifs is 1. The first-order valence-corrected chi connectivity index (χ1v) is 6.46. The molecule has 0 bridgehead atoms. The number of hydrogen-bond donors (Lipinski definition) is 1. The van der Waals surface area contributed by atoms with Crippen LogP contribution in [0.1, 0.15) is 11.1 Å². The molecule has 1 aliphatic rings. The Labute approximate surface area is 121 Å². The van der Waals surface area contributed by atoms with Crippen LogP contribution >= 0.6 is 11.6 Å². The van der Waals surface area contributed by atoms with Gasteiger partial charge in [-0.05, 0) is 29.8 Å². The van der Waals surface area contributed by atoms with Gasteiger partial charge in [-0.25, -0.2) is 0 Å². The lowest BCUT2D eigenvalue weighted by Crippen LogP contribution is -2.00. The molecule has 100 valence electrons. The van der Waals surface area contributed by atoms with Crippen molar-refractivity contribution in [1.29, 1.82) is 5.26 Å². The lowest BCUT2D eigenvalue weighted by atomic mass is 10.1. The third-order valence-corrected chi connectivity index (χ3v) is 3.39. The summed E-state index contributed by atoms with van der Waals surface area (Å²) in [5, 5.41) is 12.6. The van der Waals surface area contributed by atoms with E-state index in [1.54, 1.807) is 12.1 Å². The molecule has 4 nitrogen and oxygen atoms in total. The zero-order valence-electron chi connectivity index (χ0n) is 10.5. The van der Waals surface area contributed by atoms with Gasteiger partial charge in [-0.15, -0.1) is 0 Å². The maximum atomic E-state index is 8.80. The Bertz CT molecular complexity index is 695. The molecule has 5 heteroatoms. The highest BCUT2D eigenvalue weighted by Crippen LogP contribution is 2.34. The van der Waals surface area contributed by atoms with Gasteiger partial charge in [0.05, 0.1) is 11.6 Å². The molecule has 2 aromatic rings. The van der Waals surface area contributed by atoms with Crippen LogP contribution in [0.2, 0.25) is 5.02 Å². The third-order valence-electron chi connectivity index (χ3n) is 3.04. The van der Waals surface area contributed by atoms with Crippen molar-refractivity contribution in [2.24, 2.45) is 0 Å². The van der Waals surface area contributed by atoms with Crippen LogP contribution in [0.15, 0.2) is 36.4 Å². The van der Waals surface area contributed by atoms with Gasteiger partial charge in [0.2, 0.25) is 6.79 Å². The predicted octanol–water partition coefficient (Wildman–Crippen LogP) is 3.55. The molecule has 0 fully saturated rings.